The summed E-state index contributed by atoms with van der Waals surface area (Å²) in [5.74, 6) is -2.12. The van der Waals surface area contributed by atoms with Gasteiger partial charge < -0.3 is 15.1 Å². The van der Waals surface area contributed by atoms with E-state index in [2.05, 4.69) is 5.32 Å². The van der Waals surface area contributed by atoms with Crippen molar-refractivity contribution in [1.82, 2.24) is 5.32 Å². The number of aryl methyl sites for hydroxylation is 1. The molecule has 0 bridgehead atoms. The number of aliphatic carboxylic acids is 2. The van der Waals surface area contributed by atoms with E-state index in [1.165, 1.54) is 0 Å². The van der Waals surface area contributed by atoms with Crippen molar-refractivity contribution in [3.63, 3.8) is 0 Å². The first-order valence-electron chi connectivity index (χ1n) is 10.1. The summed E-state index contributed by atoms with van der Waals surface area (Å²) in [4.78, 5) is 37.4. The van der Waals surface area contributed by atoms with E-state index in [1.807, 2.05) is 54.6 Å². The van der Waals surface area contributed by atoms with Crippen LogP contribution in [0.25, 0.3) is 0 Å². The van der Waals surface area contributed by atoms with E-state index in [9.17, 15) is 19.5 Å². The molecule has 2 unspecified atom stereocenters. The fourth-order valence-corrected chi connectivity index (χ4v) is 3.79. The Labute approximate surface area is 175 Å². The molecule has 2 aromatic rings. The minimum absolute atomic E-state index is 0.0289. The zero-order chi connectivity index (χ0) is 21.5. The Morgan fingerprint density at radius 1 is 1.07 bits per heavy atom. The van der Waals surface area contributed by atoms with Crippen LogP contribution < -0.4 is 10.2 Å². The molecule has 1 amide bonds. The van der Waals surface area contributed by atoms with Gasteiger partial charge in [0.1, 0.15) is 6.04 Å². The third kappa shape index (κ3) is 5.45. The molecule has 1 heterocycles. The van der Waals surface area contributed by atoms with Crippen LogP contribution in [-0.2, 0) is 27.2 Å². The van der Waals surface area contributed by atoms with Crippen LogP contribution in [0.3, 0.4) is 0 Å². The number of carboxylic acids is 2. The van der Waals surface area contributed by atoms with Gasteiger partial charge in [0.15, 0.2) is 0 Å². The van der Waals surface area contributed by atoms with E-state index >= 15 is 0 Å². The predicted molar refractivity (Wildman–Crippen MR) is 112 cm³/mol. The van der Waals surface area contributed by atoms with Crippen molar-refractivity contribution in [2.24, 2.45) is 0 Å². The number of carboxylic acid groups (broad SMARTS) is 2. The van der Waals surface area contributed by atoms with Gasteiger partial charge in [0.25, 0.3) is 0 Å². The molecule has 3 rings (SSSR count). The second-order valence-corrected chi connectivity index (χ2v) is 7.45. The molecular formula is C23H26N2O5. The lowest BCUT2D eigenvalue weighted by molar-refractivity contribution is -0.140. The predicted octanol–water partition coefficient (Wildman–Crippen LogP) is 2.48. The largest absolute Gasteiger partial charge is 0.481 e. The molecule has 3 N–H and O–H groups in total. The molecule has 0 spiro atoms. The number of rotatable bonds is 10. The Morgan fingerprint density at radius 2 is 1.77 bits per heavy atom. The van der Waals surface area contributed by atoms with Crippen molar-refractivity contribution >= 4 is 23.5 Å². The summed E-state index contributed by atoms with van der Waals surface area (Å²) in [7, 11) is 0. The molecule has 1 aliphatic rings. The van der Waals surface area contributed by atoms with Crippen molar-refractivity contribution in [3.8, 4) is 0 Å². The number of fused-ring (bicyclic) bond motifs is 1. The highest BCUT2D eigenvalue weighted by Crippen LogP contribution is 2.28. The molecule has 0 saturated carbocycles. The monoisotopic (exact) mass is 410 g/mol. The van der Waals surface area contributed by atoms with Crippen LogP contribution in [0.5, 0.6) is 0 Å². The maximum atomic E-state index is 13.1. The lowest BCUT2D eigenvalue weighted by Gasteiger charge is -2.35. The summed E-state index contributed by atoms with van der Waals surface area (Å²) in [6.45, 7) is 0.280. The number of carbonyl (C=O) groups excluding carboxylic acids is 1. The molecular weight excluding hydrogens is 384 g/mol. The molecule has 158 valence electrons. The zero-order valence-electron chi connectivity index (χ0n) is 16.7. The van der Waals surface area contributed by atoms with Crippen LogP contribution in [-0.4, -0.2) is 46.7 Å². The molecule has 0 radical (unpaired) electrons. The highest BCUT2D eigenvalue weighted by atomic mass is 16.4. The SMILES string of the molecule is O=C(O)CCCN1C(=O)C(NC(CCc2ccccc2)C(=O)O)Cc2ccccc21. The number of amides is 1. The minimum atomic E-state index is -0.991. The molecule has 7 nitrogen and oxygen atoms in total. The second-order valence-electron chi connectivity index (χ2n) is 7.45. The van der Waals surface area contributed by atoms with Gasteiger partial charge in [-0.05, 0) is 42.9 Å². The van der Waals surface area contributed by atoms with E-state index in [1.54, 1.807) is 4.90 Å². The Morgan fingerprint density at radius 3 is 2.47 bits per heavy atom. The molecule has 0 fully saturated rings. The Kier molecular flexibility index (Phi) is 7.19. The number of nitrogens with zero attached hydrogens (tertiary/aromatic N) is 1. The Balaban J connectivity index is 1.72. The molecule has 1 aliphatic heterocycles. The quantitative estimate of drug-likeness (QED) is 0.556. The van der Waals surface area contributed by atoms with Gasteiger partial charge in [-0.25, -0.2) is 0 Å². The van der Waals surface area contributed by atoms with E-state index in [4.69, 9.17) is 5.11 Å². The molecule has 0 aliphatic carbocycles. The van der Waals surface area contributed by atoms with Gasteiger partial charge in [-0.15, -0.1) is 0 Å². The van der Waals surface area contributed by atoms with Crippen LogP contribution in [0.2, 0.25) is 0 Å². The smallest absolute Gasteiger partial charge is 0.320 e. The highest BCUT2D eigenvalue weighted by Gasteiger charge is 2.35. The van der Waals surface area contributed by atoms with Crippen molar-refractivity contribution < 1.29 is 24.6 Å². The maximum Gasteiger partial charge on any atom is 0.320 e. The van der Waals surface area contributed by atoms with Gasteiger partial charge in [-0.3, -0.25) is 19.7 Å². The molecule has 7 heteroatoms. The zero-order valence-corrected chi connectivity index (χ0v) is 16.7. The Bertz CT molecular complexity index is 899. The van der Waals surface area contributed by atoms with Crippen molar-refractivity contribution in [3.05, 3.63) is 65.7 Å². The third-order valence-corrected chi connectivity index (χ3v) is 5.31. The lowest BCUT2D eigenvalue weighted by atomic mass is 9.95. The number of para-hydroxylation sites is 1. The van der Waals surface area contributed by atoms with Gasteiger partial charge in [0, 0.05) is 18.7 Å². The fraction of sp³-hybridized carbons (Fsp3) is 0.348. The first-order valence-corrected chi connectivity index (χ1v) is 10.1. The van der Waals surface area contributed by atoms with Crippen LogP contribution >= 0.6 is 0 Å². The van der Waals surface area contributed by atoms with Gasteiger partial charge in [0.05, 0.1) is 6.04 Å². The maximum absolute atomic E-state index is 13.1. The number of carbonyl (C=O) groups is 3. The average Bonchev–Trinajstić information content (AvgIpc) is 2.73. The Hall–Kier alpha value is -3.19. The number of anilines is 1. The van der Waals surface area contributed by atoms with Gasteiger partial charge >= 0.3 is 11.9 Å². The molecule has 0 aromatic heterocycles. The van der Waals surface area contributed by atoms with E-state index < -0.39 is 24.0 Å². The number of nitrogens with one attached hydrogen (secondary N) is 1. The normalized spacial score (nSPS) is 16.7. The average molecular weight is 410 g/mol. The van der Waals surface area contributed by atoms with E-state index in [-0.39, 0.29) is 18.9 Å². The summed E-state index contributed by atoms with van der Waals surface area (Å²) in [6, 6.07) is 15.6. The minimum Gasteiger partial charge on any atom is -0.481 e. The van der Waals surface area contributed by atoms with Gasteiger partial charge in [-0.2, -0.15) is 0 Å². The van der Waals surface area contributed by atoms with E-state index in [0.29, 0.717) is 25.7 Å². The number of benzene rings is 2. The lowest BCUT2D eigenvalue weighted by Crippen LogP contribution is -2.55. The summed E-state index contributed by atoms with van der Waals surface area (Å²) in [6.07, 6.45) is 1.66. The van der Waals surface area contributed by atoms with Crippen LogP contribution in [0.1, 0.15) is 30.4 Å². The molecule has 0 saturated heterocycles. The van der Waals surface area contributed by atoms with Crippen LogP contribution in [0, 0.1) is 0 Å². The van der Waals surface area contributed by atoms with Crippen LogP contribution in [0.4, 0.5) is 5.69 Å². The second kappa shape index (κ2) is 10.0. The third-order valence-electron chi connectivity index (χ3n) is 5.31. The van der Waals surface area contributed by atoms with Gasteiger partial charge in [-0.1, -0.05) is 48.5 Å². The summed E-state index contributed by atoms with van der Waals surface area (Å²) >= 11 is 0. The summed E-state index contributed by atoms with van der Waals surface area (Å²) in [5, 5.41) is 21.6. The van der Waals surface area contributed by atoms with Crippen molar-refractivity contribution in [2.45, 2.75) is 44.2 Å². The number of hydrogen-bond donors (Lipinski definition) is 3. The van der Waals surface area contributed by atoms with Crippen LogP contribution in [0.15, 0.2) is 54.6 Å². The molecule has 2 atom stereocenters. The van der Waals surface area contributed by atoms with Gasteiger partial charge in [0.2, 0.25) is 5.91 Å². The topological polar surface area (TPSA) is 107 Å². The van der Waals surface area contributed by atoms with Crippen molar-refractivity contribution in [2.75, 3.05) is 11.4 Å². The standard InChI is InChI=1S/C23H26N2O5/c26-21(27)11-6-14-25-20-10-5-4-9-17(20)15-19(22(25)28)24-18(23(29)30)13-12-16-7-2-1-3-8-16/h1-5,7-10,18-19,24H,6,11-15H2,(H,26,27)(H,29,30). The molecule has 30 heavy (non-hydrogen) atoms. The first-order chi connectivity index (χ1) is 14.5. The number of hydrogen-bond acceptors (Lipinski definition) is 4. The molecule has 2 aromatic carbocycles. The van der Waals surface area contributed by atoms with E-state index in [0.717, 1.165) is 16.8 Å². The summed E-state index contributed by atoms with van der Waals surface area (Å²) < 4.78 is 0. The highest BCUT2D eigenvalue weighted by molar-refractivity contribution is 6.00. The fourth-order valence-electron chi connectivity index (χ4n) is 3.79. The van der Waals surface area contributed by atoms with Crippen molar-refractivity contribution in [1.29, 1.82) is 0 Å². The first kappa shape index (κ1) is 21.5. The summed E-state index contributed by atoms with van der Waals surface area (Å²) in [5.41, 5.74) is 2.75.